The summed E-state index contributed by atoms with van der Waals surface area (Å²) in [5.74, 6) is 0.723. The summed E-state index contributed by atoms with van der Waals surface area (Å²) in [5, 5.41) is 11.3. The normalized spacial score (nSPS) is 26.1. The molecule has 1 saturated heterocycles. The van der Waals surface area contributed by atoms with E-state index >= 15 is 0 Å². The molecule has 1 aliphatic heterocycles. The van der Waals surface area contributed by atoms with Gasteiger partial charge in [0, 0.05) is 23.1 Å². The molecule has 1 heterocycles. The van der Waals surface area contributed by atoms with Crippen LogP contribution in [0, 0.1) is 16.0 Å². The van der Waals surface area contributed by atoms with Crippen LogP contribution in [0.5, 0.6) is 0 Å². The van der Waals surface area contributed by atoms with Crippen LogP contribution in [0.1, 0.15) is 38.5 Å². The number of hydrogen-bond donors (Lipinski definition) is 0. The molecule has 0 N–H and O–H groups in total. The highest BCUT2D eigenvalue weighted by Crippen LogP contribution is 2.41. The Hall–Kier alpha value is -1.10. The van der Waals surface area contributed by atoms with E-state index in [2.05, 4.69) is 20.8 Å². The van der Waals surface area contributed by atoms with Crippen LogP contribution >= 0.6 is 15.9 Å². The van der Waals surface area contributed by atoms with E-state index in [9.17, 15) is 10.1 Å². The largest absolute Gasteiger partial charge is 0.363 e. The maximum Gasteiger partial charge on any atom is 0.293 e. The van der Waals surface area contributed by atoms with Crippen molar-refractivity contribution < 1.29 is 4.92 Å². The summed E-state index contributed by atoms with van der Waals surface area (Å²) in [6.45, 7) is 0.948. The number of halogens is 1. The molecule has 2 fully saturated rings. The average Bonchev–Trinajstić information content (AvgIpc) is 2.46. The van der Waals surface area contributed by atoms with Gasteiger partial charge in [0.2, 0.25) is 0 Å². The van der Waals surface area contributed by atoms with Crippen LogP contribution in [0.4, 0.5) is 11.4 Å². The van der Waals surface area contributed by atoms with Gasteiger partial charge in [-0.1, -0.05) is 28.8 Å². The highest BCUT2D eigenvalue weighted by Gasteiger charge is 2.35. The van der Waals surface area contributed by atoms with Gasteiger partial charge >= 0.3 is 0 Å². The Morgan fingerprint density at radius 1 is 1.20 bits per heavy atom. The van der Waals surface area contributed by atoms with E-state index in [4.69, 9.17) is 0 Å². The van der Waals surface area contributed by atoms with Gasteiger partial charge in [0.15, 0.2) is 0 Å². The number of nitro groups is 1. The van der Waals surface area contributed by atoms with Crippen molar-refractivity contribution in [2.45, 2.75) is 44.6 Å². The van der Waals surface area contributed by atoms with Crippen molar-refractivity contribution in [3.8, 4) is 0 Å². The van der Waals surface area contributed by atoms with E-state index in [0.29, 0.717) is 6.04 Å². The van der Waals surface area contributed by atoms with Gasteiger partial charge < -0.3 is 4.90 Å². The Kier molecular flexibility index (Phi) is 3.96. The molecule has 2 aliphatic rings. The number of benzene rings is 1. The summed E-state index contributed by atoms with van der Waals surface area (Å²) >= 11 is 3.33. The molecule has 0 bridgehead atoms. The van der Waals surface area contributed by atoms with Gasteiger partial charge in [-0.15, -0.1) is 0 Å². The average molecular weight is 339 g/mol. The second-order valence-corrected chi connectivity index (χ2v) is 6.75. The Labute approximate surface area is 127 Å². The quantitative estimate of drug-likeness (QED) is 0.588. The van der Waals surface area contributed by atoms with Crippen molar-refractivity contribution in [3.63, 3.8) is 0 Å². The number of nitrogens with zero attached hydrogens (tertiary/aromatic N) is 2. The molecule has 2 atom stereocenters. The Bertz CT molecular complexity index is 519. The predicted molar refractivity (Wildman–Crippen MR) is 83.1 cm³/mol. The van der Waals surface area contributed by atoms with Crippen LogP contribution < -0.4 is 4.90 Å². The molecule has 1 aliphatic carbocycles. The standard InChI is InChI=1S/C15H19BrN2O2/c16-12-7-8-14(15(10-12)18(19)20)17-9-3-5-11-4-1-2-6-13(11)17/h7-8,10-11,13H,1-6,9H2. The van der Waals surface area contributed by atoms with Gasteiger partial charge in [-0.3, -0.25) is 10.1 Å². The van der Waals surface area contributed by atoms with Gasteiger partial charge in [0.1, 0.15) is 5.69 Å². The van der Waals surface area contributed by atoms with Crippen molar-refractivity contribution in [2.75, 3.05) is 11.4 Å². The van der Waals surface area contributed by atoms with Crippen LogP contribution in [0.15, 0.2) is 22.7 Å². The maximum atomic E-state index is 11.3. The first-order valence-corrected chi connectivity index (χ1v) is 8.16. The zero-order valence-corrected chi connectivity index (χ0v) is 13.0. The van der Waals surface area contributed by atoms with E-state index in [-0.39, 0.29) is 10.6 Å². The zero-order valence-electron chi connectivity index (χ0n) is 11.4. The molecule has 5 heteroatoms. The molecule has 0 spiro atoms. The van der Waals surface area contributed by atoms with Crippen LogP contribution in [0.2, 0.25) is 0 Å². The summed E-state index contributed by atoms with van der Waals surface area (Å²) in [5.41, 5.74) is 1.03. The molecular weight excluding hydrogens is 320 g/mol. The van der Waals surface area contributed by atoms with E-state index < -0.39 is 0 Å². The molecule has 1 saturated carbocycles. The zero-order chi connectivity index (χ0) is 14.1. The Morgan fingerprint density at radius 3 is 2.75 bits per heavy atom. The van der Waals surface area contributed by atoms with Crippen LogP contribution in [0.25, 0.3) is 0 Å². The van der Waals surface area contributed by atoms with Gasteiger partial charge in [-0.2, -0.15) is 0 Å². The molecule has 4 nitrogen and oxygen atoms in total. The smallest absolute Gasteiger partial charge is 0.293 e. The van der Waals surface area contributed by atoms with Crippen LogP contribution in [0.3, 0.4) is 0 Å². The SMILES string of the molecule is O=[N+]([O-])c1cc(Br)ccc1N1CCCC2CCCCC21. The maximum absolute atomic E-state index is 11.3. The fourth-order valence-electron chi connectivity index (χ4n) is 3.81. The number of piperidine rings is 1. The van der Waals surface area contributed by atoms with Gasteiger partial charge in [0.25, 0.3) is 5.69 Å². The van der Waals surface area contributed by atoms with Gasteiger partial charge in [-0.25, -0.2) is 0 Å². The molecule has 3 rings (SSSR count). The minimum Gasteiger partial charge on any atom is -0.363 e. The molecule has 0 radical (unpaired) electrons. The minimum atomic E-state index is -0.257. The van der Waals surface area contributed by atoms with Crippen LogP contribution in [-0.4, -0.2) is 17.5 Å². The molecule has 1 aromatic carbocycles. The summed E-state index contributed by atoms with van der Waals surface area (Å²) in [7, 11) is 0. The lowest BCUT2D eigenvalue weighted by atomic mass is 9.78. The molecule has 2 unspecified atom stereocenters. The first-order valence-electron chi connectivity index (χ1n) is 7.37. The van der Waals surface area contributed by atoms with Crippen molar-refractivity contribution in [2.24, 2.45) is 5.92 Å². The first kappa shape index (κ1) is 13.9. The lowest BCUT2D eigenvalue weighted by Gasteiger charge is -2.45. The molecule has 20 heavy (non-hydrogen) atoms. The van der Waals surface area contributed by atoms with Crippen molar-refractivity contribution >= 4 is 27.3 Å². The topological polar surface area (TPSA) is 46.4 Å². The van der Waals surface area contributed by atoms with E-state index in [1.165, 1.54) is 32.1 Å². The predicted octanol–water partition coefficient (Wildman–Crippen LogP) is 4.52. The van der Waals surface area contributed by atoms with E-state index in [0.717, 1.165) is 29.0 Å². The fourth-order valence-corrected chi connectivity index (χ4v) is 4.16. The lowest BCUT2D eigenvalue weighted by Crippen LogP contribution is -2.47. The monoisotopic (exact) mass is 338 g/mol. The van der Waals surface area contributed by atoms with Crippen molar-refractivity contribution in [1.29, 1.82) is 0 Å². The Balaban J connectivity index is 1.96. The highest BCUT2D eigenvalue weighted by atomic mass is 79.9. The van der Waals surface area contributed by atoms with Crippen LogP contribution in [-0.2, 0) is 0 Å². The molecule has 108 valence electrons. The van der Waals surface area contributed by atoms with E-state index in [1.54, 1.807) is 6.07 Å². The summed E-state index contributed by atoms with van der Waals surface area (Å²) in [6, 6.07) is 5.94. The molecular formula is C15H19BrN2O2. The van der Waals surface area contributed by atoms with E-state index in [1.807, 2.05) is 12.1 Å². The summed E-state index contributed by atoms with van der Waals surface area (Å²) in [4.78, 5) is 13.4. The van der Waals surface area contributed by atoms with Crippen molar-refractivity contribution in [1.82, 2.24) is 0 Å². The molecule has 0 aromatic heterocycles. The third kappa shape index (κ3) is 2.55. The molecule has 0 amide bonds. The lowest BCUT2D eigenvalue weighted by molar-refractivity contribution is -0.384. The third-order valence-electron chi connectivity index (χ3n) is 4.69. The fraction of sp³-hybridized carbons (Fsp3) is 0.600. The number of rotatable bonds is 2. The molecule has 1 aromatic rings. The second kappa shape index (κ2) is 5.72. The Morgan fingerprint density at radius 2 is 1.95 bits per heavy atom. The highest BCUT2D eigenvalue weighted by molar-refractivity contribution is 9.10. The second-order valence-electron chi connectivity index (χ2n) is 5.84. The number of hydrogen-bond acceptors (Lipinski definition) is 3. The summed E-state index contributed by atoms with van der Waals surface area (Å²) < 4.78 is 0.769. The third-order valence-corrected chi connectivity index (χ3v) is 5.18. The van der Waals surface area contributed by atoms with Gasteiger partial charge in [-0.05, 0) is 43.7 Å². The summed E-state index contributed by atoms with van der Waals surface area (Å²) in [6.07, 6.45) is 7.46. The van der Waals surface area contributed by atoms with Crippen molar-refractivity contribution in [3.05, 3.63) is 32.8 Å². The van der Waals surface area contributed by atoms with Gasteiger partial charge in [0.05, 0.1) is 4.92 Å². The number of anilines is 1. The number of fused-ring (bicyclic) bond motifs is 1. The number of nitro benzene ring substituents is 1. The first-order chi connectivity index (χ1) is 9.66. The minimum absolute atomic E-state index is 0.227.